The van der Waals surface area contributed by atoms with E-state index in [1.807, 2.05) is 6.07 Å². The Balaban J connectivity index is 2.25. The summed E-state index contributed by atoms with van der Waals surface area (Å²) in [6.45, 7) is 2.17. The molecule has 0 spiro atoms. The van der Waals surface area contributed by atoms with E-state index in [1.165, 1.54) is 5.56 Å². The molecule has 0 fully saturated rings. The molecule has 1 heterocycles. The summed E-state index contributed by atoms with van der Waals surface area (Å²) in [5.74, 6) is 0.577. The van der Waals surface area contributed by atoms with Crippen molar-refractivity contribution in [2.45, 2.75) is 26.2 Å². The van der Waals surface area contributed by atoms with E-state index in [2.05, 4.69) is 47.2 Å². The van der Waals surface area contributed by atoms with Crippen LogP contribution in [0.25, 0.3) is 11.3 Å². The quantitative estimate of drug-likeness (QED) is 0.820. The van der Waals surface area contributed by atoms with Crippen LogP contribution in [0.2, 0.25) is 0 Å². The Morgan fingerprint density at radius 1 is 1.17 bits per heavy atom. The lowest BCUT2D eigenvalue weighted by Crippen LogP contribution is -1.95. The molecule has 0 saturated carbocycles. The van der Waals surface area contributed by atoms with Gasteiger partial charge in [0.15, 0.2) is 0 Å². The van der Waals surface area contributed by atoms with Crippen molar-refractivity contribution in [3.05, 3.63) is 47.9 Å². The standard InChI is InChI=1S/C15H15N3/c1-2-3-12-4-6-13(7-5-12)14-9-11-17-15(18-14)8-10-16/h4-7,9,11H,2-3,8H2,1H3. The average Bonchev–Trinajstić information content (AvgIpc) is 2.41. The maximum atomic E-state index is 8.65. The van der Waals surface area contributed by atoms with Gasteiger partial charge in [0.1, 0.15) is 5.82 Å². The van der Waals surface area contributed by atoms with Gasteiger partial charge in [-0.2, -0.15) is 5.26 Å². The predicted molar refractivity (Wildman–Crippen MR) is 70.8 cm³/mol. The summed E-state index contributed by atoms with van der Waals surface area (Å²) in [5.41, 5.74) is 3.28. The highest BCUT2D eigenvalue weighted by molar-refractivity contribution is 5.59. The molecule has 0 amide bonds. The van der Waals surface area contributed by atoms with Gasteiger partial charge in [-0.15, -0.1) is 0 Å². The zero-order chi connectivity index (χ0) is 12.8. The molecule has 2 rings (SSSR count). The molecule has 0 aliphatic heterocycles. The number of nitriles is 1. The van der Waals surface area contributed by atoms with Crippen LogP contribution in [0, 0.1) is 11.3 Å². The third-order valence-electron chi connectivity index (χ3n) is 2.73. The molecular formula is C15H15N3. The van der Waals surface area contributed by atoms with E-state index in [9.17, 15) is 0 Å². The molecule has 0 aliphatic carbocycles. The van der Waals surface area contributed by atoms with Crippen molar-refractivity contribution < 1.29 is 0 Å². The van der Waals surface area contributed by atoms with E-state index in [0.29, 0.717) is 5.82 Å². The highest BCUT2D eigenvalue weighted by atomic mass is 14.9. The molecule has 0 saturated heterocycles. The van der Waals surface area contributed by atoms with Crippen molar-refractivity contribution in [3.8, 4) is 17.3 Å². The van der Waals surface area contributed by atoms with Gasteiger partial charge in [0.25, 0.3) is 0 Å². The van der Waals surface area contributed by atoms with E-state index < -0.39 is 0 Å². The van der Waals surface area contributed by atoms with Crippen LogP contribution in [0.5, 0.6) is 0 Å². The lowest BCUT2D eigenvalue weighted by atomic mass is 10.1. The summed E-state index contributed by atoms with van der Waals surface area (Å²) in [6, 6.07) is 12.3. The first-order valence-electron chi connectivity index (χ1n) is 6.11. The second kappa shape index (κ2) is 5.92. The second-order valence-electron chi connectivity index (χ2n) is 4.14. The monoisotopic (exact) mass is 237 g/mol. The number of aromatic nitrogens is 2. The van der Waals surface area contributed by atoms with Gasteiger partial charge in [0, 0.05) is 11.8 Å². The van der Waals surface area contributed by atoms with Crippen LogP contribution in [0.3, 0.4) is 0 Å². The molecule has 3 nitrogen and oxygen atoms in total. The minimum Gasteiger partial charge on any atom is -0.240 e. The van der Waals surface area contributed by atoms with Crippen molar-refractivity contribution in [3.63, 3.8) is 0 Å². The Morgan fingerprint density at radius 3 is 2.61 bits per heavy atom. The fourth-order valence-electron chi connectivity index (χ4n) is 1.85. The highest BCUT2D eigenvalue weighted by Gasteiger charge is 2.02. The van der Waals surface area contributed by atoms with E-state index >= 15 is 0 Å². The van der Waals surface area contributed by atoms with E-state index in [4.69, 9.17) is 5.26 Å². The maximum absolute atomic E-state index is 8.65. The number of aryl methyl sites for hydroxylation is 1. The molecule has 0 unspecified atom stereocenters. The third kappa shape index (κ3) is 2.92. The average molecular weight is 237 g/mol. The molecule has 0 radical (unpaired) electrons. The SMILES string of the molecule is CCCc1ccc(-c2ccnc(CC#N)n2)cc1. The first-order chi connectivity index (χ1) is 8.83. The van der Waals surface area contributed by atoms with Crippen LogP contribution in [0.1, 0.15) is 24.7 Å². The topological polar surface area (TPSA) is 49.6 Å². The number of rotatable bonds is 4. The van der Waals surface area contributed by atoms with Crippen LogP contribution in [-0.2, 0) is 12.8 Å². The zero-order valence-electron chi connectivity index (χ0n) is 10.4. The Kier molecular flexibility index (Phi) is 4.03. The lowest BCUT2D eigenvalue weighted by molar-refractivity contribution is 0.922. The van der Waals surface area contributed by atoms with Gasteiger partial charge in [-0.25, -0.2) is 9.97 Å². The molecule has 18 heavy (non-hydrogen) atoms. The summed E-state index contributed by atoms with van der Waals surface area (Å²) >= 11 is 0. The molecule has 0 N–H and O–H groups in total. The van der Waals surface area contributed by atoms with E-state index in [1.54, 1.807) is 6.20 Å². The minimum atomic E-state index is 0.252. The molecule has 3 heteroatoms. The fraction of sp³-hybridized carbons (Fsp3) is 0.267. The van der Waals surface area contributed by atoms with Gasteiger partial charge in [0.05, 0.1) is 18.2 Å². The normalized spacial score (nSPS) is 10.0. The molecule has 0 atom stereocenters. The summed E-state index contributed by atoms with van der Waals surface area (Å²) in [6.07, 6.45) is 4.21. The van der Waals surface area contributed by atoms with Crippen LogP contribution in [0.4, 0.5) is 0 Å². The summed E-state index contributed by atoms with van der Waals surface area (Å²) in [7, 11) is 0. The van der Waals surface area contributed by atoms with Gasteiger partial charge in [-0.05, 0) is 18.1 Å². The predicted octanol–water partition coefficient (Wildman–Crippen LogP) is 3.16. The number of hydrogen-bond donors (Lipinski definition) is 0. The second-order valence-corrected chi connectivity index (χ2v) is 4.14. The van der Waals surface area contributed by atoms with Crippen molar-refractivity contribution in [2.24, 2.45) is 0 Å². The summed E-state index contributed by atoms with van der Waals surface area (Å²) in [5, 5.41) is 8.65. The van der Waals surface area contributed by atoms with Crippen LogP contribution < -0.4 is 0 Å². The molecular weight excluding hydrogens is 222 g/mol. The fourth-order valence-corrected chi connectivity index (χ4v) is 1.85. The van der Waals surface area contributed by atoms with Gasteiger partial charge in [0.2, 0.25) is 0 Å². The molecule has 90 valence electrons. The molecule has 1 aromatic heterocycles. The summed E-state index contributed by atoms with van der Waals surface area (Å²) in [4.78, 5) is 8.44. The minimum absolute atomic E-state index is 0.252. The van der Waals surface area contributed by atoms with E-state index in [-0.39, 0.29) is 6.42 Å². The van der Waals surface area contributed by atoms with Gasteiger partial charge in [-0.3, -0.25) is 0 Å². The van der Waals surface area contributed by atoms with Gasteiger partial charge in [-0.1, -0.05) is 37.6 Å². The third-order valence-corrected chi connectivity index (χ3v) is 2.73. The maximum Gasteiger partial charge on any atom is 0.142 e. The number of hydrogen-bond acceptors (Lipinski definition) is 3. The lowest BCUT2D eigenvalue weighted by Gasteiger charge is -2.04. The van der Waals surface area contributed by atoms with Gasteiger partial charge >= 0.3 is 0 Å². The largest absolute Gasteiger partial charge is 0.240 e. The first kappa shape index (κ1) is 12.3. The Bertz CT molecular complexity index is 553. The number of nitrogens with zero attached hydrogens (tertiary/aromatic N) is 3. The van der Waals surface area contributed by atoms with Crippen molar-refractivity contribution in [2.75, 3.05) is 0 Å². The Morgan fingerprint density at radius 2 is 1.94 bits per heavy atom. The molecule has 0 aliphatic rings. The molecule has 0 bridgehead atoms. The summed E-state index contributed by atoms with van der Waals surface area (Å²) < 4.78 is 0. The van der Waals surface area contributed by atoms with E-state index in [0.717, 1.165) is 24.1 Å². The van der Waals surface area contributed by atoms with Crippen molar-refractivity contribution >= 4 is 0 Å². The number of benzene rings is 1. The van der Waals surface area contributed by atoms with Crippen LogP contribution >= 0.6 is 0 Å². The van der Waals surface area contributed by atoms with Crippen molar-refractivity contribution in [1.82, 2.24) is 9.97 Å². The first-order valence-corrected chi connectivity index (χ1v) is 6.11. The van der Waals surface area contributed by atoms with Crippen LogP contribution in [-0.4, -0.2) is 9.97 Å². The molecule has 2 aromatic rings. The molecule has 1 aromatic carbocycles. The van der Waals surface area contributed by atoms with Crippen molar-refractivity contribution in [1.29, 1.82) is 5.26 Å². The zero-order valence-corrected chi connectivity index (χ0v) is 10.4. The Hall–Kier alpha value is -2.21. The van der Waals surface area contributed by atoms with Gasteiger partial charge < -0.3 is 0 Å². The Labute approximate surface area is 107 Å². The van der Waals surface area contributed by atoms with Crippen LogP contribution in [0.15, 0.2) is 36.5 Å². The highest BCUT2D eigenvalue weighted by Crippen LogP contribution is 2.17. The smallest absolute Gasteiger partial charge is 0.142 e.